The lowest BCUT2D eigenvalue weighted by molar-refractivity contribution is 0.131. The molecule has 3 heterocycles. The molecule has 0 spiro atoms. The van der Waals surface area contributed by atoms with Crippen molar-refractivity contribution in [3.8, 4) is 0 Å². The number of nitrogen functional groups attached to an aromatic ring is 1. The lowest BCUT2D eigenvalue weighted by Crippen LogP contribution is -2.37. The number of carbonyl (C=O) groups is 1. The van der Waals surface area contributed by atoms with E-state index in [2.05, 4.69) is 26.0 Å². The van der Waals surface area contributed by atoms with E-state index in [1.54, 1.807) is 4.52 Å². The number of hydrogen-bond donors (Lipinski definition) is 2. The Morgan fingerprint density at radius 1 is 1.45 bits per heavy atom. The van der Waals surface area contributed by atoms with Crippen molar-refractivity contribution < 1.29 is 9.90 Å². The molecule has 1 aliphatic rings. The highest BCUT2D eigenvalue weighted by molar-refractivity contribution is 9.10. The second-order valence-corrected chi connectivity index (χ2v) is 5.72. The van der Waals surface area contributed by atoms with Crippen LogP contribution in [-0.4, -0.2) is 43.8 Å². The summed E-state index contributed by atoms with van der Waals surface area (Å²) in [4.78, 5) is 16.4. The summed E-state index contributed by atoms with van der Waals surface area (Å²) in [6.45, 7) is 1.09. The number of anilines is 1. The van der Waals surface area contributed by atoms with E-state index in [4.69, 9.17) is 10.8 Å². The van der Waals surface area contributed by atoms with Crippen LogP contribution in [0.4, 0.5) is 10.6 Å². The number of hydrogen-bond acceptors (Lipinski definition) is 4. The average molecular weight is 340 g/mol. The van der Waals surface area contributed by atoms with Gasteiger partial charge in [0, 0.05) is 29.2 Å². The van der Waals surface area contributed by atoms with Gasteiger partial charge in [0.25, 0.3) is 0 Å². The van der Waals surface area contributed by atoms with E-state index in [0.29, 0.717) is 18.9 Å². The normalized spacial score (nSPS) is 16.8. The third kappa shape index (κ3) is 2.09. The minimum absolute atomic E-state index is 0.277. The number of likely N-dealkylation sites (tertiary alicyclic amines) is 1. The van der Waals surface area contributed by atoms with Crippen molar-refractivity contribution in [2.24, 2.45) is 0 Å². The van der Waals surface area contributed by atoms with Crippen molar-refractivity contribution in [1.82, 2.24) is 19.5 Å². The Morgan fingerprint density at radius 2 is 2.15 bits per heavy atom. The van der Waals surface area contributed by atoms with Crippen LogP contribution in [0.5, 0.6) is 0 Å². The molecular weight excluding hydrogens is 326 g/mol. The number of nitrogens with two attached hydrogens (primary N) is 1. The largest absolute Gasteiger partial charge is 0.465 e. The standard InChI is InChI=1S/C12H14BrN5O2/c13-8-5-9(18-10(8)11(14)15-6-16-18)7-1-3-17(4-2-7)12(19)20/h5-7H,1-4H2,(H,19,20)(H2,14,15,16). The van der Waals surface area contributed by atoms with Crippen LogP contribution >= 0.6 is 15.9 Å². The fourth-order valence-electron chi connectivity index (χ4n) is 2.70. The molecule has 106 valence electrons. The van der Waals surface area contributed by atoms with E-state index in [-0.39, 0.29) is 5.92 Å². The molecule has 0 radical (unpaired) electrons. The Hall–Kier alpha value is -1.83. The highest BCUT2D eigenvalue weighted by Gasteiger charge is 2.26. The van der Waals surface area contributed by atoms with Gasteiger partial charge in [-0.1, -0.05) is 0 Å². The maximum Gasteiger partial charge on any atom is 0.407 e. The minimum Gasteiger partial charge on any atom is -0.465 e. The topological polar surface area (TPSA) is 96.8 Å². The van der Waals surface area contributed by atoms with Crippen molar-refractivity contribution in [3.05, 3.63) is 22.6 Å². The van der Waals surface area contributed by atoms with Gasteiger partial charge < -0.3 is 15.7 Å². The zero-order valence-corrected chi connectivity index (χ0v) is 12.2. The molecule has 1 saturated heterocycles. The van der Waals surface area contributed by atoms with Gasteiger partial charge in [-0.3, -0.25) is 0 Å². The van der Waals surface area contributed by atoms with Crippen molar-refractivity contribution >= 4 is 33.4 Å². The van der Waals surface area contributed by atoms with Gasteiger partial charge in [0.2, 0.25) is 0 Å². The van der Waals surface area contributed by atoms with Gasteiger partial charge in [0.15, 0.2) is 5.82 Å². The average Bonchev–Trinajstić information content (AvgIpc) is 2.77. The molecule has 1 aliphatic heterocycles. The Labute approximate surface area is 123 Å². The minimum atomic E-state index is -0.851. The third-order valence-corrected chi connectivity index (χ3v) is 4.35. The van der Waals surface area contributed by atoms with E-state index >= 15 is 0 Å². The van der Waals surface area contributed by atoms with Crippen LogP contribution in [0.1, 0.15) is 24.5 Å². The monoisotopic (exact) mass is 339 g/mol. The van der Waals surface area contributed by atoms with Crippen LogP contribution in [0.25, 0.3) is 5.52 Å². The molecule has 8 heteroatoms. The Morgan fingerprint density at radius 3 is 2.80 bits per heavy atom. The van der Waals surface area contributed by atoms with E-state index in [1.165, 1.54) is 11.2 Å². The number of nitrogens with zero attached hydrogens (tertiary/aromatic N) is 4. The van der Waals surface area contributed by atoms with E-state index in [0.717, 1.165) is 28.5 Å². The summed E-state index contributed by atoms with van der Waals surface area (Å²) >= 11 is 3.48. The summed E-state index contributed by atoms with van der Waals surface area (Å²) in [6.07, 6.45) is 2.16. The van der Waals surface area contributed by atoms with Gasteiger partial charge in [-0.2, -0.15) is 5.10 Å². The molecule has 0 bridgehead atoms. The summed E-state index contributed by atoms with van der Waals surface area (Å²) in [5, 5.41) is 13.2. The summed E-state index contributed by atoms with van der Waals surface area (Å²) < 4.78 is 2.67. The predicted molar refractivity (Wildman–Crippen MR) is 76.7 cm³/mol. The fourth-order valence-corrected chi connectivity index (χ4v) is 3.31. The number of carboxylic acid groups (broad SMARTS) is 1. The molecule has 0 atom stereocenters. The molecule has 7 nitrogen and oxygen atoms in total. The molecule has 3 N–H and O–H groups in total. The highest BCUT2D eigenvalue weighted by atomic mass is 79.9. The smallest absolute Gasteiger partial charge is 0.407 e. The quantitative estimate of drug-likeness (QED) is 0.827. The molecule has 0 aromatic carbocycles. The molecular formula is C12H14BrN5O2. The highest BCUT2D eigenvalue weighted by Crippen LogP contribution is 2.34. The van der Waals surface area contributed by atoms with Gasteiger partial charge in [0.1, 0.15) is 11.8 Å². The van der Waals surface area contributed by atoms with E-state index in [9.17, 15) is 4.79 Å². The molecule has 0 saturated carbocycles. The second kappa shape index (κ2) is 4.93. The maximum atomic E-state index is 10.9. The number of fused-ring (bicyclic) bond motifs is 1. The Balaban J connectivity index is 1.92. The van der Waals surface area contributed by atoms with Crippen molar-refractivity contribution in [3.63, 3.8) is 0 Å². The third-order valence-electron chi connectivity index (χ3n) is 3.75. The lowest BCUT2D eigenvalue weighted by Gasteiger charge is -2.29. The van der Waals surface area contributed by atoms with Gasteiger partial charge in [0.05, 0.1) is 0 Å². The van der Waals surface area contributed by atoms with Gasteiger partial charge in [-0.15, -0.1) is 0 Å². The Kier molecular flexibility index (Phi) is 3.25. The van der Waals surface area contributed by atoms with E-state index in [1.807, 2.05) is 6.07 Å². The molecule has 1 fully saturated rings. The number of aromatic nitrogens is 3. The SMILES string of the molecule is Nc1ncnn2c(C3CCN(C(=O)O)CC3)cc(Br)c12. The van der Waals surface area contributed by atoms with Crippen molar-refractivity contribution in [1.29, 1.82) is 0 Å². The summed E-state index contributed by atoms with van der Waals surface area (Å²) in [5.74, 6) is 0.708. The number of halogens is 1. The number of rotatable bonds is 1. The lowest BCUT2D eigenvalue weighted by atomic mass is 9.94. The zero-order chi connectivity index (χ0) is 14.3. The molecule has 2 aromatic heterocycles. The first kappa shape index (κ1) is 13.2. The molecule has 2 aromatic rings. The summed E-state index contributed by atoms with van der Waals surface area (Å²) in [7, 11) is 0. The van der Waals surface area contributed by atoms with Crippen LogP contribution in [0.2, 0.25) is 0 Å². The molecule has 20 heavy (non-hydrogen) atoms. The fraction of sp³-hybridized carbons (Fsp3) is 0.417. The Bertz CT molecular complexity index is 663. The van der Waals surface area contributed by atoms with Crippen molar-refractivity contribution in [2.75, 3.05) is 18.8 Å². The number of piperidine rings is 1. The molecule has 0 unspecified atom stereocenters. The van der Waals surface area contributed by atoms with Crippen LogP contribution in [0, 0.1) is 0 Å². The van der Waals surface area contributed by atoms with Gasteiger partial charge in [-0.25, -0.2) is 14.3 Å². The summed E-state index contributed by atoms with van der Waals surface area (Å²) in [5.41, 5.74) is 7.69. The molecule has 0 aliphatic carbocycles. The van der Waals surface area contributed by atoms with Crippen LogP contribution in [-0.2, 0) is 0 Å². The first-order valence-corrected chi connectivity index (χ1v) is 7.12. The van der Waals surface area contributed by atoms with E-state index < -0.39 is 6.09 Å². The number of amides is 1. The van der Waals surface area contributed by atoms with Crippen LogP contribution in [0.3, 0.4) is 0 Å². The molecule has 3 rings (SSSR count). The maximum absolute atomic E-state index is 10.9. The predicted octanol–water partition coefficient (Wildman–Crippen LogP) is 1.93. The second-order valence-electron chi connectivity index (χ2n) is 4.87. The summed E-state index contributed by atoms with van der Waals surface area (Å²) in [6, 6.07) is 2.00. The first-order valence-electron chi connectivity index (χ1n) is 6.33. The van der Waals surface area contributed by atoms with Gasteiger partial charge >= 0.3 is 6.09 Å². The zero-order valence-electron chi connectivity index (χ0n) is 10.7. The van der Waals surface area contributed by atoms with Gasteiger partial charge in [-0.05, 0) is 34.8 Å². The van der Waals surface area contributed by atoms with Crippen molar-refractivity contribution in [2.45, 2.75) is 18.8 Å². The molecule has 1 amide bonds. The van der Waals surface area contributed by atoms with Crippen LogP contribution < -0.4 is 5.73 Å². The first-order chi connectivity index (χ1) is 9.58. The van der Waals surface area contributed by atoms with Crippen LogP contribution in [0.15, 0.2) is 16.9 Å².